The smallest absolute Gasteiger partial charge is 0.143 e. The van der Waals surface area contributed by atoms with Gasteiger partial charge in [0, 0.05) is 11.3 Å². The van der Waals surface area contributed by atoms with Crippen LogP contribution in [0.2, 0.25) is 0 Å². The molecule has 1 aromatic carbocycles. The SMILES string of the molecule is Cc1c(N)ccc(C#CCS)c1F. The van der Waals surface area contributed by atoms with Crippen LogP contribution in [0, 0.1) is 24.6 Å². The maximum Gasteiger partial charge on any atom is 0.143 e. The molecular formula is C10H10FNS. The molecule has 2 N–H and O–H groups in total. The van der Waals surface area contributed by atoms with Gasteiger partial charge in [0.05, 0.1) is 11.3 Å². The minimum Gasteiger partial charge on any atom is -0.398 e. The first-order valence-corrected chi connectivity index (χ1v) is 4.44. The predicted octanol–water partition coefficient (Wildman–Crippen LogP) is 2.00. The van der Waals surface area contributed by atoms with E-state index in [4.69, 9.17) is 5.73 Å². The van der Waals surface area contributed by atoms with Crippen molar-refractivity contribution in [2.75, 3.05) is 11.5 Å². The summed E-state index contributed by atoms with van der Waals surface area (Å²) in [7, 11) is 0. The Bertz CT molecular complexity index is 376. The van der Waals surface area contributed by atoms with Gasteiger partial charge in [0.25, 0.3) is 0 Å². The molecular weight excluding hydrogens is 185 g/mol. The summed E-state index contributed by atoms with van der Waals surface area (Å²) in [5, 5.41) is 0. The topological polar surface area (TPSA) is 26.0 Å². The largest absolute Gasteiger partial charge is 0.398 e. The number of thiol groups is 1. The van der Waals surface area contributed by atoms with Gasteiger partial charge in [-0.25, -0.2) is 4.39 Å². The molecule has 0 aromatic heterocycles. The molecule has 0 saturated carbocycles. The Kier molecular flexibility index (Phi) is 3.21. The standard InChI is InChI=1S/C10H10FNS/c1-7-9(12)5-4-8(10(7)11)3-2-6-13/h4-5,13H,6,12H2,1H3. The van der Waals surface area contributed by atoms with Crippen molar-refractivity contribution in [1.82, 2.24) is 0 Å². The monoisotopic (exact) mass is 195 g/mol. The van der Waals surface area contributed by atoms with E-state index in [0.29, 0.717) is 22.6 Å². The number of anilines is 1. The molecule has 0 aliphatic heterocycles. The van der Waals surface area contributed by atoms with Gasteiger partial charge in [-0.1, -0.05) is 11.8 Å². The van der Waals surface area contributed by atoms with Crippen LogP contribution in [0.15, 0.2) is 12.1 Å². The number of rotatable bonds is 0. The summed E-state index contributed by atoms with van der Waals surface area (Å²) in [5.74, 6) is 5.44. The Hall–Kier alpha value is -1.14. The molecule has 1 rings (SSSR count). The van der Waals surface area contributed by atoms with Gasteiger partial charge in [0.2, 0.25) is 0 Å². The third kappa shape index (κ3) is 2.16. The van der Waals surface area contributed by atoms with E-state index in [-0.39, 0.29) is 5.82 Å². The molecule has 0 atom stereocenters. The van der Waals surface area contributed by atoms with E-state index >= 15 is 0 Å². The first-order chi connectivity index (χ1) is 6.16. The number of nitrogen functional groups attached to an aromatic ring is 1. The van der Waals surface area contributed by atoms with Gasteiger partial charge >= 0.3 is 0 Å². The van der Waals surface area contributed by atoms with Crippen LogP contribution < -0.4 is 5.73 Å². The van der Waals surface area contributed by atoms with Crippen LogP contribution in [-0.2, 0) is 0 Å². The molecule has 0 unspecified atom stereocenters. The lowest BCUT2D eigenvalue weighted by Gasteiger charge is -2.02. The molecule has 1 nitrogen and oxygen atoms in total. The molecule has 68 valence electrons. The van der Waals surface area contributed by atoms with Crippen molar-refractivity contribution in [2.45, 2.75) is 6.92 Å². The van der Waals surface area contributed by atoms with E-state index < -0.39 is 0 Å². The fourth-order valence-electron chi connectivity index (χ4n) is 0.931. The van der Waals surface area contributed by atoms with E-state index in [2.05, 4.69) is 24.5 Å². The highest BCUT2D eigenvalue weighted by Gasteiger charge is 2.04. The van der Waals surface area contributed by atoms with Crippen molar-refractivity contribution in [1.29, 1.82) is 0 Å². The fourth-order valence-corrected chi connectivity index (χ4v) is 1.01. The van der Waals surface area contributed by atoms with Crippen molar-refractivity contribution >= 4 is 18.3 Å². The second kappa shape index (κ2) is 4.20. The zero-order chi connectivity index (χ0) is 9.84. The predicted molar refractivity (Wildman–Crippen MR) is 56.3 cm³/mol. The minimum atomic E-state index is -0.339. The van der Waals surface area contributed by atoms with E-state index in [9.17, 15) is 4.39 Å². The molecule has 1 aromatic rings. The third-order valence-corrected chi connectivity index (χ3v) is 1.89. The maximum atomic E-state index is 13.4. The van der Waals surface area contributed by atoms with Gasteiger partial charge in [-0.15, -0.1) is 0 Å². The fraction of sp³-hybridized carbons (Fsp3) is 0.200. The summed E-state index contributed by atoms with van der Waals surface area (Å²) >= 11 is 3.91. The van der Waals surface area contributed by atoms with E-state index in [1.54, 1.807) is 19.1 Å². The molecule has 13 heavy (non-hydrogen) atoms. The minimum absolute atomic E-state index is 0.339. The second-order valence-electron chi connectivity index (χ2n) is 2.60. The molecule has 0 spiro atoms. The number of nitrogens with two attached hydrogens (primary N) is 1. The number of hydrogen-bond donors (Lipinski definition) is 2. The quantitative estimate of drug-likeness (QED) is 0.369. The number of halogens is 1. The van der Waals surface area contributed by atoms with Crippen molar-refractivity contribution in [2.24, 2.45) is 0 Å². The van der Waals surface area contributed by atoms with Gasteiger partial charge < -0.3 is 5.73 Å². The van der Waals surface area contributed by atoms with E-state index in [1.807, 2.05) is 0 Å². The van der Waals surface area contributed by atoms with E-state index in [0.717, 1.165) is 0 Å². The highest BCUT2D eigenvalue weighted by atomic mass is 32.1. The van der Waals surface area contributed by atoms with Crippen LogP contribution in [0.3, 0.4) is 0 Å². The summed E-state index contributed by atoms with van der Waals surface area (Å²) in [6.45, 7) is 1.64. The first kappa shape index (κ1) is 9.94. The Morgan fingerprint density at radius 1 is 1.54 bits per heavy atom. The maximum absolute atomic E-state index is 13.4. The number of benzene rings is 1. The Balaban J connectivity index is 3.18. The normalized spacial score (nSPS) is 9.15. The molecule has 0 radical (unpaired) electrons. The Morgan fingerprint density at radius 3 is 2.85 bits per heavy atom. The second-order valence-corrected chi connectivity index (χ2v) is 2.92. The molecule has 0 aliphatic carbocycles. The van der Waals surface area contributed by atoms with Gasteiger partial charge in [-0.3, -0.25) is 0 Å². The van der Waals surface area contributed by atoms with Crippen LogP contribution in [0.4, 0.5) is 10.1 Å². The van der Waals surface area contributed by atoms with Gasteiger partial charge in [0.1, 0.15) is 5.82 Å². The molecule has 0 heterocycles. The molecule has 0 amide bonds. The van der Waals surface area contributed by atoms with Crippen LogP contribution in [0.1, 0.15) is 11.1 Å². The van der Waals surface area contributed by atoms with Gasteiger partial charge in [-0.2, -0.15) is 12.6 Å². The molecule has 0 bridgehead atoms. The van der Waals surface area contributed by atoms with Crippen LogP contribution in [0.5, 0.6) is 0 Å². The first-order valence-electron chi connectivity index (χ1n) is 3.81. The van der Waals surface area contributed by atoms with E-state index in [1.165, 1.54) is 0 Å². The zero-order valence-electron chi connectivity index (χ0n) is 7.26. The molecule has 0 aliphatic rings. The number of hydrogen-bond acceptors (Lipinski definition) is 2. The summed E-state index contributed by atoms with van der Waals surface area (Å²) in [6, 6.07) is 3.23. The van der Waals surface area contributed by atoms with Crippen molar-refractivity contribution < 1.29 is 4.39 Å². The summed E-state index contributed by atoms with van der Waals surface area (Å²) in [6.07, 6.45) is 0. The molecule has 0 fully saturated rings. The zero-order valence-corrected chi connectivity index (χ0v) is 8.16. The highest BCUT2D eigenvalue weighted by molar-refractivity contribution is 7.80. The van der Waals surface area contributed by atoms with Crippen LogP contribution in [-0.4, -0.2) is 5.75 Å². The van der Waals surface area contributed by atoms with Crippen LogP contribution in [0.25, 0.3) is 0 Å². The lowest BCUT2D eigenvalue weighted by atomic mass is 10.1. The average Bonchev–Trinajstić information content (AvgIpc) is 2.13. The highest BCUT2D eigenvalue weighted by Crippen LogP contribution is 2.17. The van der Waals surface area contributed by atoms with Gasteiger partial charge in [0.15, 0.2) is 0 Å². The third-order valence-electron chi connectivity index (χ3n) is 1.73. The van der Waals surface area contributed by atoms with Gasteiger partial charge in [-0.05, 0) is 19.1 Å². The Morgan fingerprint density at radius 2 is 2.23 bits per heavy atom. The van der Waals surface area contributed by atoms with Crippen molar-refractivity contribution in [3.8, 4) is 11.8 Å². The molecule has 0 saturated heterocycles. The van der Waals surface area contributed by atoms with Crippen LogP contribution >= 0.6 is 12.6 Å². The lowest BCUT2D eigenvalue weighted by molar-refractivity contribution is 0.616. The lowest BCUT2D eigenvalue weighted by Crippen LogP contribution is -1.95. The average molecular weight is 195 g/mol. The van der Waals surface area contributed by atoms with Crippen molar-refractivity contribution in [3.05, 3.63) is 29.1 Å². The summed E-state index contributed by atoms with van der Waals surface area (Å²) in [4.78, 5) is 0. The summed E-state index contributed by atoms with van der Waals surface area (Å²) in [5.41, 5.74) is 6.79. The van der Waals surface area contributed by atoms with Crippen molar-refractivity contribution in [3.63, 3.8) is 0 Å². The summed E-state index contributed by atoms with van der Waals surface area (Å²) < 4.78 is 13.4. The molecule has 3 heteroatoms. The Labute approximate surface area is 82.6 Å².